The number of rotatable bonds is 3. The number of benzene rings is 2. The van der Waals surface area contributed by atoms with E-state index in [0.29, 0.717) is 0 Å². The van der Waals surface area contributed by atoms with E-state index in [1.807, 2.05) is 24.3 Å². The maximum absolute atomic E-state index is 5.17. The summed E-state index contributed by atoms with van der Waals surface area (Å²) in [5.41, 5.74) is 5.02. The molecular weight excluding hydrogens is 234 g/mol. The fraction of sp³-hybridized carbons (Fsp3) is 0.176. The normalized spacial score (nSPS) is 13.4. The minimum atomic E-state index is 0.878. The SMILES string of the molecule is COc1ccc(NC2=CCCc3ccccc32)cc1. The van der Waals surface area contributed by atoms with E-state index in [1.54, 1.807) is 7.11 Å². The second-order valence-corrected chi connectivity index (χ2v) is 4.67. The molecule has 0 saturated carbocycles. The molecule has 0 aliphatic heterocycles. The van der Waals surface area contributed by atoms with Gasteiger partial charge in [-0.25, -0.2) is 0 Å². The van der Waals surface area contributed by atoms with Crippen molar-refractivity contribution in [3.63, 3.8) is 0 Å². The van der Waals surface area contributed by atoms with Crippen molar-refractivity contribution in [1.29, 1.82) is 0 Å². The lowest BCUT2D eigenvalue weighted by Gasteiger charge is -2.19. The fourth-order valence-corrected chi connectivity index (χ4v) is 2.43. The standard InChI is InChI=1S/C17H17NO/c1-19-15-11-9-14(10-12-15)18-17-8-4-6-13-5-2-3-7-16(13)17/h2-3,5,7-12,18H,4,6H2,1H3. The molecule has 2 aromatic carbocycles. The van der Waals surface area contributed by atoms with Crippen LogP contribution in [0.15, 0.2) is 54.6 Å². The molecule has 0 fully saturated rings. The second-order valence-electron chi connectivity index (χ2n) is 4.67. The molecule has 0 radical (unpaired) electrons. The van der Waals surface area contributed by atoms with Crippen molar-refractivity contribution in [2.24, 2.45) is 0 Å². The van der Waals surface area contributed by atoms with Gasteiger partial charge in [-0.15, -0.1) is 0 Å². The number of nitrogens with one attached hydrogen (secondary N) is 1. The summed E-state index contributed by atoms with van der Waals surface area (Å²) < 4.78 is 5.17. The summed E-state index contributed by atoms with van der Waals surface area (Å²) >= 11 is 0. The van der Waals surface area contributed by atoms with Gasteiger partial charge in [0.2, 0.25) is 0 Å². The van der Waals surface area contributed by atoms with Crippen LogP contribution in [0.3, 0.4) is 0 Å². The molecule has 96 valence electrons. The molecule has 0 spiro atoms. The predicted octanol–water partition coefficient (Wildman–Crippen LogP) is 4.09. The average Bonchev–Trinajstić information content (AvgIpc) is 2.48. The van der Waals surface area contributed by atoms with E-state index in [1.165, 1.54) is 16.8 Å². The minimum Gasteiger partial charge on any atom is -0.497 e. The first-order chi connectivity index (χ1) is 9.36. The van der Waals surface area contributed by atoms with Crippen molar-refractivity contribution in [2.75, 3.05) is 12.4 Å². The Kier molecular flexibility index (Phi) is 3.23. The zero-order valence-corrected chi connectivity index (χ0v) is 11.0. The summed E-state index contributed by atoms with van der Waals surface area (Å²) in [6.07, 6.45) is 4.49. The molecule has 0 amide bonds. The molecule has 2 nitrogen and oxygen atoms in total. The van der Waals surface area contributed by atoms with Gasteiger partial charge in [0.1, 0.15) is 5.75 Å². The molecule has 1 aliphatic carbocycles. The summed E-state index contributed by atoms with van der Waals surface area (Å²) in [4.78, 5) is 0. The van der Waals surface area contributed by atoms with Gasteiger partial charge in [-0.05, 0) is 42.7 Å². The van der Waals surface area contributed by atoms with Crippen LogP contribution in [-0.2, 0) is 6.42 Å². The molecule has 0 bridgehead atoms. The summed E-state index contributed by atoms with van der Waals surface area (Å²) in [5, 5.41) is 3.49. The van der Waals surface area contributed by atoms with Gasteiger partial charge in [0, 0.05) is 16.9 Å². The molecule has 0 saturated heterocycles. The Morgan fingerprint density at radius 1 is 1.00 bits per heavy atom. The summed E-state index contributed by atoms with van der Waals surface area (Å²) in [6.45, 7) is 0. The number of aryl methyl sites for hydroxylation is 1. The van der Waals surface area contributed by atoms with E-state index in [-0.39, 0.29) is 0 Å². The Balaban J connectivity index is 1.85. The summed E-state index contributed by atoms with van der Waals surface area (Å²) in [6, 6.07) is 16.6. The highest BCUT2D eigenvalue weighted by Gasteiger charge is 2.11. The second kappa shape index (κ2) is 5.19. The molecule has 3 rings (SSSR count). The largest absolute Gasteiger partial charge is 0.497 e. The molecular formula is C17H17NO. The van der Waals surface area contributed by atoms with E-state index in [2.05, 4.69) is 35.7 Å². The van der Waals surface area contributed by atoms with Gasteiger partial charge in [0.05, 0.1) is 7.11 Å². The third kappa shape index (κ3) is 2.48. The first-order valence-electron chi connectivity index (χ1n) is 6.56. The van der Waals surface area contributed by atoms with Gasteiger partial charge in [0.25, 0.3) is 0 Å². The van der Waals surface area contributed by atoms with Gasteiger partial charge in [-0.3, -0.25) is 0 Å². The highest BCUT2D eigenvalue weighted by Crippen LogP contribution is 2.28. The number of hydrogen-bond acceptors (Lipinski definition) is 2. The van der Waals surface area contributed by atoms with E-state index in [0.717, 1.165) is 24.3 Å². The highest BCUT2D eigenvalue weighted by molar-refractivity contribution is 5.79. The molecule has 19 heavy (non-hydrogen) atoms. The maximum Gasteiger partial charge on any atom is 0.119 e. The Hall–Kier alpha value is -2.22. The molecule has 1 aliphatic rings. The molecule has 0 unspecified atom stereocenters. The Bertz CT molecular complexity index is 599. The van der Waals surface area contributed by atoms with Crippen LogP contribution in [0.4, 0.5) is 5.69 Å². The van der Waals surface area contributed by atoms with Crippen LogP contribution in [-0.4, -0.2) is 7.11 Å². The molecule has 0 aromatic heterocycles. The van der Waals surface area contributed by atoms with Crippen LogP contribution in [0.1, 0.15) is 17.5 Å². The number of ether oxygens (including phenoxy) is 1. The Labute approximate surface area is 113 Å². The monoisotopic (exact) mass is 251 g/mol. The third-order valence-electron chi connectivity index (χ3n) is 3.44. The lowest BCUT2D eigenvalue weighted by atomic mass is 9.94. The quantitative estimate of drug-likeness (QED) is 0.887. The average molecular weight is 251 g/mol. The first kappa shape index (κ1) is 11.8. The topological polar surface area (TPSA) is 21.3 Å². The van der Waals surface area contributed by atoms with Crippen LogP contribution in [0, 0.1) is 0 Å². The predicted molar refractivity (Wildman–Crippen MR) is 79.4 cm³/mol. The summed E-state index contributed by atoms with van der Waals surface area (Å²) in [7, 11) is 1.68. The van der Waals surface area contributed by atoms with Crippen LogP contribution < -0.4 is 10.1 Å². The van der Waals surface area contributed by atoms with Gasteiger partial charge in [0.15, 0.2) is 0 Å². The van der Waals surface area contributed by atoms with Crippen molar-refractivity contribution >= 4 is 11.4 Å². The van der Waals surface area contributed by atoms with Crippen LogP contribution in [0.25, 0.3) is 5.70 Å². The third-order valence-corrected chi connectivity index (χ3v) is 3.44. The number of hydrogen-bond donors (Lipinski definition) is 1. The van der Waals surface area contributed by atoms with Crippen molar-refractivity contribution < 1.29 is 4.74 Å². The highest BCUT2D eigenvalue weighted by atomic mass is 16.5. The van der Waals surface area contributed by atoms with Gasteiger partial charge in [-0.2, -0.15) is 0 Å². The van der Waals surface area contributed by atoms with Crippen LogP contribution in [0.5, 0.6) is 5.75 Å². The van der Waals surface area contributed by atoms with Gasteiger partial charge >= 0.3 is 0 Å². The van der Waals surface area contributed by atoms with Gasteiger partial charge in [-0.1, -0.05) is 30.3 Å². The molecule has 0 atom stereocenters. The van der Waals surface area contributed by atoms with E-state index in [4.69, 9.17) is 4.74 Å². The number of allylic oxidation sites excluding steroid dienone is 1. The first-order valence-corrected chi connectivity index (χ1v) is 6.56. The minimum absolute atomic E-state index is 0.878. The van der Waals surface area contributed by atoms with Crippen LogP contribution in [0.2, 0.25) is 0 Å². The fourth-order valence-electron chi connectivity index (χ4n) is 2.43. The molecule has 1 N–H and O–H groups in total. The van der Waals surface area contributed by atoms with Crippen molar-refractivity contribution in [1.82, 2.24) is 0 Å². The van der Waals surface area contributed by atoms with E-state index < -0.39 is 0 Å². The van der Waals surface area contributed by atoms with Crippen molar-refractivity contribution in [3.05, 3.63) is 65.7 Å². The lowest BCUT2D eigenvalue weighted by Crippen LogP contribution is -2.06. The zero-order valence-electron chi connectivity index (χ0n) is 11.0. The molecule has 0 heterocycles. The number of anilines is 1. The summed E-state index contributed by atoms with van der Waals surface area (Å²) in [5.74, 6) is 0.878. The molecule has 2 heteroatoms. The van der Waals surface area contributed by atoms with Crippen molar-refractivity contribution in [2.45, 2.75) is 12.8 Å². The zero-order chi connectivity index (χ0) is 13.1. The van der Waals surface area contributed by atoms with Crippen molar-refractivity contribution in [3.8, 4) is 5.75 Å². The lowest BCUT2D eigenvalue weighted by molar-refractivity contribution is 0.415. The Morgan fingerprint density at radius 2 is 1.79 bits per heavy atom. The van der Waals surface area contributed by atoms with E-state index in [9.17, 15) is 0 Å². The van der Waals surface area contributed by atoms with Crippen LogP contribution >= 0.6 is 0 Å². The number of fused-ring (bicyclic) bond motifs is 1. The van der Waals surface area contributed by atoms with Gasteiger partial charge < -0.3 is 10.1 Å². The molecule has 2 aromatic rings. The maximum atomic E-state index is 5.17. The Morgan fingerprint density at radius 3 is 2.58 bits per heavy atom. The number of methoxy groups -OCH3 is 1. The smallest absolute Gasteiger partial charge is 0.119 e. The van der Waals surface area contributed by atoms with E-state index >= 15 is 0 Å².